The molecule has 5 nitrogen and oxygen atoms in total. The molecule has 2 fully saturated rings. The largest absolute Gasteiger partial charge is 0.417 e. The Kier molecular flexibility index (Phi) is 6.01. The number of unbranched alkanes of at least 4 members (excludes halogenated alkanes) is 1. The van der Waals surface area contributed by atoms with Gasteiger partial charge in [0.15, 0.2) is 0 Å². The molecule has 0 aromatic carbocycles. The van der Waals surface area contributed by atoms with Crippen molar-refractivity contribution in [3.8, 4) is 0 Å². The van der Waals surface area contributed by atoms with Crippen molar-refractivity contribution in [3.63, 3.8) is 0 Å². The van der Waals surface area contributed by atoms with Crippen LogP contribution in [0.15, 0.2) is 18.3 Å². The molecule has 0 aliphatic carbocycles. The summed E-state index contributed by atoms with van der Waals surface area (Å²) >= 11 is 0. The summed E-state index contributed by atoms with van der Waals surface area (Å²) in [5.74, 6) is 0.882. The number of nitrogens with zero attached hydrogens (tertiary/aromatic N) is 4. The van der Waals surface area contributed by atoms with Crippen LogP contribution in [-0.4, -0.2) is 66.5 Å². The molecule has 0 unspecified atom stereocenters. The van der Waals surface area contributed by atoms with Crippen molar-refractivity contribution < 1.29 is 18.0 Å². The third-order valence-electron chi connectivity index (χ3n) is 5.10. The number of alkyl halides is 3. The van der Waals surface area contributed by atoms with Crippen molar-refractivity contribution in [2.24, 2.45) is 0 Å². The zero-order valence-corrected chi connectivity index (χ0v) is 14.8. The summed E-state index contributed by atoms with van der Waals surface area (Å²) in [6, 6.07) is 2.54. The van der Waals surface area contributed by atoms with E-state index in [0.29, 0.717) is 12.2 Å². The van der Waals surface area contributed by atoms with Crippen molar-refractivity contribution in [3.05, 3.63) is 23.9 Å². The van der Waals surface area contributed by atoms with Gasteiger partial charge in [-0.3, -0.25) is 9.69 Å². The van der Waals surface area contributed by atoms with Crippen LogP contribution in [0.25, 0.3) is 0 Å². The number of carbonyl (C=O) groups excluding carboxylic acids is 1. The van der Waals surface area contributed by atoms with Crippen LogP contribution in [0.5, 0.6) is 0 Å². The minimum atomic E-state index is -4.34. The molecule has 26 heavy (non-hydrogen) atoms. The number of hydrogen-bond acceptors (Lipinski definition) is 4. The first-order chi connectivity index (χ1) is 12.4. The Morgan fingerprint density at radius 2 is 1.73 bits per heavy atom. The summed E-state index contributed by atoms with van der Waals surface area (Å²) < 4.78 is 37.8. The fraction of sp³-hybridized carbons (Fsp3) is 0.667. The van der Waals surface area contributed by atoms with Gasteiger partial charge in [0, 0.05) is 51.9 Å². The number of piperazine rings is 1. The molecule has 0 atom stereocenters. The number of amides is 1. The van der Waals surface area contributed by atoms with Crippen LogP contribution < -0.4 is 4.90 Å². The average molecular weight is 370 g/mol. The van der Waals surface area contributed by atoms with E-state index in [-0.39, 0.29) is 5.91 Å². The van der Waals surface area contributed by atoms with Crippen LogP contribution >= 0.6 is 0 Å². The Labute approximate surface area is 151 Å². The van der Waals surface area contributed by atoms with E-state index in [9.17, 15) is 18.0 Å². The molecule has 1 aromatic heterocycles. The number of likely N-dealkylation sites (tertiary alicyclic amines) is 1. The van der Waals surface area contributed by atoms with Gasteiger partial charge >= 0.3 is 6.18 Å². The third kappa shape index (κ3) is 4.87. The monoisotopic (exact) mass is 370 g/mol. The van der Waals surface area contributed by atoms with Crippen molar-refractivity contribution in [2.45, 2.75) is 31.9 Å². The molecule has 0 radical (unpaired) electrons. The average Bonchev–Trinajstić information content (AvgIpc) is 3.04. The Morgan fingerprint density at radius 1 is 1.00 bits per heavy atom. The van der Waals surface area contributed by atoms with E-state index in [4.69, 9.17) is 0 Å². The molecule has 8 heteroatoms. The van der Waals surface area contributed by atoms with Crippen molar-refractivity contribution in [1.82, 2.24) is 14.8 Å². The lowest BCUT2D eigenvalue weighted by atomic mass is 10.2. The van der Waals surface area contributed by atoms with Crippen LogP contribution in [0.3, 0.4) is 0 Å². The number of rotatable bonds is 6. The van der Waals surface area contributed by atoms with Gasteiger partial charge in [0.05, 0.1) is 5.56 Å². The van der Waals surface area contributed by atoms with Crippen molar-refractivity contribution >= 4 is 11.7 Å². The summed E-state index contributed by atoms with van der Waals surface area (Å²) in [6.45, 7) is 6.05. The Bertz CT molecular complexity index is 597. The lowest BCUT2D eigenvalue weighted by molar-refractivity contribution is -0.137. The van der Waals surface area contributed by atoms with Gasteiger partial charge in [0.1, 0.15) is 5.82 Å². The molecule has 0 saturated carbocycles. The van der Waals surface area contributed by atoms with Gasteiger partial charge in [-0.25, -0.2) is 4.98 Å². The highest BCUT2D eigenvalue weighted by molar-refractivity contribution is 5.77. The molecule has 2 aliphatic rings. The summed E-state index contributed by atoms with van der Waals surface area (Å²) in [6.07, 6.45) is 0.318. The summed E-state index contributed by atoms with van der Waals surface area (Å²) in [5, 5.41) is 0. The Hall–Kier alpha value is -1.83. The molecule has 0 bridgehead atoms. The molecule has 1 aromatic rings. The summed E-state index contributed by atoms with van der Waals surface area (Å²) in [7, 11) is 0. The van der Waals surface area contributed by atoms with Crippen LogP contribution in [0.1, 0.15) is 31.2 Å². The first-order valence-corrected chi connectivity index (χ1v) is 9.22. The Morgan fingerprint density at radius 3 is 2.31 bits per heavy atom. The maximum Gasteiger partial charge on any atom is 0.417 e. The topological polar surface area (TPSA) is 39.7 Å². The maximum absolute atomic E-state index is 12.6. The minimum absolute atomic E-state index is 0.280. The molecular weight excluding hydrogens is 345 g/mol. The minimum Gasteiger partial charge on any atom is -0.354 e. The van der Waals surface area contributed by atoms with Gasteiger partial charge in [0.2, 0.25) is 5.91 Å². The summed E-state index contributed by atoms with van der Waals surface area (Å²) in [5.41, 5.74) is -0.712. The van der Waals surface area contributed by atoms with Gasteiger partial charge in [-0.15, -0.1) is 0 Å². The number of pyridine rings is 1. The van der Waals surface area contributed by atoms with Crippen molar-refractivity contribution in [1.29, 1.82) is 0 Å². The highest BCUT2D eigenvalue weighted by Gasteiger charge is 2.31. The summed E-state index contributed by atoms with van der Waals surface area (Å²) in [4.78, 5) is 21.9. The van der Waals surface area contributed by atoms with E-state index in [1.165, 1.54) is 6.07 Å². The molecule has 3 heterocycles. The molecule has 1 amide bonds. The van der Waals surface area contributed by atoms with Crippen LogP contribution in [0.2, 0.25) is 0 Å². The lowest BCUT2D eigenvalue weighted by Gasteiger charge is -2.35. The normalized spacial score (nSPS) is 19.4. The van der Waals surface area contributed by atoms with Crippen LogP contribution in [0.4, 0.5) is 19.0 Å². The fourth-order valence-electron chi connectivity index (χ4n) is 3.52. The van der Waals surface area contributed by atoms with Crippen molar-refractivity contribution in [2.75, 3.05) is 50.7 Å². The number of anilines is 1. The standard InChI is InChI=1S/C18H25F3N4O/c19-18(20,21)15-5-6-16(22-14-15)24-12-10-23(11-13-24)7-1-2-8-25-9-3-4-17(25)26/h5-6,14H,1-4,7-13H2. The van der Waals surface area contributed by atoms with E-state index in [1.54, 1.807) is 0 Å². The zero-order chi connectivity index (χ0) is 18.6. The van der Waals surface area contributed by atoms with E-state index in [0.717, 1.165) is 77.3 Å². The van der Waals surface area contributed by atoms with Gasteiger partial charge in [-0.2, -0.15) is 13.2 Å². The second-order valence-corrected chi connectivity index (χ2v) is 6.92. The fourth-order valence-corrected chi connectivity index (χ4v) is 3.52. The molecular formula is C18H25F3N4O. The second kappa shape index (κ2) is 8.24. The quantitative estimate of drug-likeness (QED) is 0.722. The van der Waals surface area contributed by atoms with Gasteiger partial charge in [-0.05, 0) is 37.9 Å². The SMILES string of the molecule is O=C1CCCN1CCCCN1CCN(c2ccc(C(F)(F)F)cn2)CC1. The molecule has 0 N–H and O–H groups in total. The smallest absolute Gasteiger partial charge is 0.354 e. The number of hydrogen-bond donors (Lipinski definition) is 0. The van der Waals surface area contributed by atoms with Gasteiger partial charge in [0.25, 0.3) is 0 Å². The zero-order valence-electron chi connectivity index (χ0n) is 14.8. The van der Waals surface area contributed by atoms with Gasteiger partial charge < -0.3 is 9.80 Å². The third-order valence-corrected chi connectivity index (χ3v) is 5.10. The van der Waals surface area contributed by atoms with E-state index in [1.807, 2.05) is 9.80 Å². The molecule has 3 rings (SSSR count). The molecule has 2 saturated heterocycles. The number of carbonyl (C=O) groups is 1. The van der Waals surface area contributed by atoms with Crippen LogP contribution in [-0.2, 0) is 11.0 Å². The van der Waals surface area contributed by atoms with E-state index >= 15 is 0 Å². The molecule has 2 aliphatic heterocycles. The Balaban J connectivity index is 1.37. The molecule has 0 spiro atoms. The number of aromatic nitrogens is 1. The van der Waals surface area contributed by atoms with Crippen LogP contribution in [0, 0.1) is 0 Å². The highest BCUT2D eigenvalue weighted by Crippen LogP contribution is 2.29. The predicted octanol–water partition coefficient (Wildman–Crippen LogP) is 2.63. The lowest BCUT2D eigenvalue weighted by Crippen LogP contribution is -2.47. The van der Waals surface area contributed by atoms with E-state index in [2.05, 4.69) is 9.88 Å². The maximum atomic E-state index is 12.6. The predicted molar refractivity (Wildman–Crippen MR) is 92.9 cm³/mol. The first kappa shape index (κ1) is 18.9. The first-order valence-electron chi connectivity index (χ1n) is 9.22. The highest BCUT2D eigenvalue weighted by atomic mass is 19.4. The van der Waals surface area contributed by atoms with Gasteiger partial charge in [-0.1, -0.05) is 0 Å². The second-order valence-electron chi connectivity index (χ2n) is 6.92. The number of halogens is 3. The molecule has 144 valence electrons. The van der Waals surface area contributed by atoms with E-state index < -0.39 is 11.7 Å².